The predicted octanol–water partition coefficient (Wildman–Crippen LogP) is -1.22. The molecular weight excluding hydrogens is 250 g/mol. The third kappa shape index (κ3) is 3.16. The average molecular weight is 265 g/mol. The molecule has 0 atom stereocenters. The predicted molar refractivity (Wildman–Crippen MR) is 66.8 cm³/mol. The monoisotopic (exact) mass is 265 g/mol. The summed E-state index contributed by atoms with van der Waals surface area (Å²) in [5.74, 6) is -0.994. The van der Waals surface area contributed by atoms with Gasteiger partial charge >= 0.3 is 5.97 Å². The fraction of sp³-hybridized carbons (Fsp3) is 0.455. The molecule has 1 aliphatic rings. The Balaban J connectivity index is 2.05. The summed E-state index contributed by atoms with van der Waals surface area (Å²) in [4.78, 5) is 33.7. The molecular formula is C11H15N5O3. The largest absolute Gasteiger partial charge is 0.480 e. The number of aliphatic carboxylic acids is 1. The summed E-state index contributed by atoms with van der Waals surface area (Å²) in [7, 11) is 0. The van der Waals surface area contributed by atoms with Gasteiger partial charge in [-0.15, -0.1) is 0 Å². The van der Waals surface area contributed by atoms with Crippen molar-refractivity contribution in [3.63, 3.8) is 0 Å². The van der Waals surface area contributed by atoms with Crippen molar-refractivity contribution in [1.82, 2.24) is 14.9 Å². The third-order valence-electron chi connectivity index (χ3n) is 2.94. The fourth-order valence-corrected chi connectivity index (χ4v) is 2.04. The Hall–Kier alpha value is -2.22. The second-order valence-corrected chi connectivity index (χ2v) is 4.25. The summed E-state index contributed by atoms with van der Waals surface area (Å²) in [6.45, 7) is 2.40. The van der Waals surface area contributed by atoms with E-state index in [-0.39, 0.29) is 12.2 Å². The fourth-order valence-electron chi connectivity index (χ4n) is 2.04. The Morgan fingerprint density at radius 2 is 1.84 bits per heavy atom. The Kier molecular flexibility index (Phi) is 3.91. The number of carboxylic acid groups (broad SMARTS) is 1. The van der Waals surface area contributed by atoms with Gasteiger partial charge in [-0.1, -0.05) is 0 Å². The lowest BCUT2D eigenvalue weighted by molar-refractivity contribution is -0.138. The number of hydrogen-bond acceptors (Lipinski definition) is 6. The third-order valence-corrected chi connectivity index (χ3v) is 2.94. The summed E-state index contributed by atoms with van der Waals surface area (Å²) in [6.07, 6.45) is 2.93. The quantitative estimate of drug-likeness (QED) is 0.701. The van der Waals surface area contributed by atoms with Crippen LogP contribution >= 0.6 is 0 Å². The second-order valence-electron chi connectivity index (χ2n) is 4.25. The zero-order valence-corrected chi connectivity index (χ0v) is 10.3. The van der Waals surface area contributed by atoms with Gasteiger partial charge < -0.3 is 15.7 Å². The number of rotatable bonds is 4. The molecule has 3 N–H and O–H groups in total. The molecule has 2 heterocycles. The van der Waals surface area contributed by atoms with Gasteiger partial charge in [0.15, 0.2) is 11.5 Å². The van der Waals surface area contributed by atoms with Gasteiger partial charge in [-0.2, -0.15) is 0 Å². The van der Waals surface area contributed by atoms with Gasteiger partial charge in [0.2, 0.25) is 0 Å². The molecule has 8 heteroatoms. The van der Waals surface area contributed by atoms with Crippen molar-refractivity contribution in [2.45, 2.75) is 0 Å². The lowest BCUT2D eigenvalue weighted by Crippen LogP contribution is -2.48. The summed E-state index contributed by atoms with van der Waals surface area (Å²) < 4.78 is 0. The number of anilines is 1. The summed E-state index contributed by atoms with van der Waals surface area (Å²) in [5, 5.41) is 8.73. The molecule has 1 aromatic heterocycles. The number of nitrogens with two attached hydrogens (primary N) is 1. The first-order chi connectivity index (χ1) is 9.08. The first kappa shape index (κ1) is 13.2. The van der Waals surface area contributed by atoms with E-state index in [1.54, 1.807) is 0 Å². The number of piperazine rings is 1. The van der Waals surface area contributed by atoms with Crippen LogP contribution in [0, 0.1) is 0 Å². The molecule has 0 saturated carbocycles. The maximum Gasteiger partial charge on any atom is 0.317 e. The smallest absolute Gasteiger partial charge is 0.317 e. The van der Waals surface area contributed by atoms with E-state index in [4.69, 9.17) is 10.8 Å². The number of carboxylic acids is 1. The zero-order chi connectivity index (χ0) is 13.8. The van der Waals surface area contributed by atoms with Crippen LogP contribution in [0.1, 0.15) is 10.5 Å². The molecule has 8 nitrogen and oxygen atoms in total. The Labute approximate surface area is 109 Å². The van der Waals surface area contributed by atoms with Gasteiger partial charge in [0.25, 0.3) is 5.91 Å². The minimum absolute atomic E-state index is 0.0248. The number of carbonyl (C=O) groups excluding carboxylic acids is 1. The molecule has 1 fully saturated rings. The number of hydrogen-bond donors (Lipinski definition) is 2. The highest BCUT2D eigenvalue weighted by Crippen LogP contribution is 2.16. The number of aromatic nitrogens is 2. The minimum Gasteiger partial charge on any atom is -0.480 e. The van der Waals surface area contributed by atoms with Gasteiger partial charge in [-0.25, -0.2) is 9.97 Å². The number of carbonyl (C=O) groups is 2. The molecule has 2 rings (SSSR count). The van der Waals surface area contributed by atoms with Crippen molar-refractivity contribution in [2.24, 2.45) is 5.73 Å². The molecule has 1 saturated heterocycles. The molecule has 19 heavy (non-hydrogen) atoms. The molecule has 0 unspecified atom stereocenters. The van der Waals surface area contributed by atoms with E-state index in [9.17, 15) is 9.59 Å². The van der Waals surface area contributed by atoms with E-state index in [0.29, 0.717) is 32.0 Å². The molecule has 0 aliphatic carbocycles. The van der Waals surface area contributed by atoms with Crippen molar-refractivity contribution in [3.8, 4) is 0 Å². The van der Waals surface area contributed by atoms with Gasteiger partial charge in [0.05, 0.1) is 6.54 Å². The standard InChI is InChI=1S/C11H15N5O3/c12-10(19)9-11(14-2-1-13-9)16-5-3-15(4-6-16)7-8(17)18/h1-2H,3-7H2,(H2,12,19)(H,17,18). The van der Waals surface area contributed by atoms with Crippen molar-refractivity contribution in [3.05, 3.63) is 18.1 Å². The highest BCUT2D eigenvalue weighted by molar-refractivity contribution is 5.95. The summed E-state index contributed by atoms with van der Waals surface area (Å²) >= 11 is 0. The van der Waals surface area contributed by atoms with Crippen LogP contribution in [0.5, 0.6) is 0 Å². The zero-order valence-electron chi connectivity index (χ0n) is 10.3. The van der Waals surface area contributed by atoms with Crippen LogP contribution in [0.3, 0.4) is 0 Å². The Morgan fingerprint density at radius 1 is 1.21 bits per heavy atom. The summed E-state index contributed by atoms with van der Waals surface area (Å²) in [5.41, 5.74) is 5.41. The van der Waals surface area contributed by atoms with Crippen molar-refractivity contribution in [2.75, 3.05) is 37.6 Å². The normalized spacial score (nSPS) is 16.3. The van der Waals surface area contributed by atoms with E-state index in [2.05, 4.69) is 9.97 Å². The van der Waals surface area contributed by atoms with Gasteiger partial charge in [0, 0.05) is 38.6 Å². The number of primary amides is 1. The van der Waals surface area contributed by atoms with E-state index < -0.39 is 11.9 Å². The lowest BCUT2D eigenvalue weighted by Gasteiger charge is -2.34. The number of nitrogens with zero attached hydrogens (tertiary/aromatic N) is 4. The molecule has 1 aliphatic heterocycles. The maximum atomic E-state index is 11.3. The van der Waals surface area contributed by atoms with Crippen LogP contribution in [0.4, 0.5) is 5.82 Å². The van der Waals surface area contributed by atoms with Crippen LogP contribution in [0.25, 0.3) is 0 Å². The topological polar surface area (TPSA) is 113 Å². The second kappa shape index (κ2) is 5.61. The van der Waals surface area contributed by atoms with Crippen LogP contribution in [0.2, 0.25) is 0 Å². The summed E-state index contributed by atoms with van der Waals surface area (Å²) in [6, 6.07) is 0. The first-order valence-electron chi connectivity index (χ1n) is 5.88. The first-order valence-corrected chi connectivity index (χ1v) is 5.88. The van der Waals surface area contributed by atoms with Gasteiger partial charge in [-0.05, 0) is 0 Å². The molecule has 0 spiro atoms. The highest BCUT2D eigenvalue weighted by atomic mass is 16.4. The van der Waals surface area contributed by atoms with Crippen LogP contribution < -0.4 is 10.6 Å². The van der Waals surface area contributed by atoms with Crippen molar-refractivity contribution >= 4 is 17.7 Å². The minimum atomic E-state index is -0.842. The van der Waals surface area contributed by atoms with Crippen LogP contribution in [-0.2, 0) is 4.79 Å². The lowest BCUT2D eigenvalue weighted by atomic mass is 10.2. The van der Waals surface area contributed by atoms with Crippen molar-refractivity contribution in [1.29, 1.82) is 0 Å². The van der Waals surface area contributed by atoms with Gasteiger partial charge in [-0.3, -0.25) is 14.5 Å². The Bertz CT molecular complexity index is 485. The average Bonchev–Trinajstić information content (AvgIpc) is 2.39. The van der Waals surface area contributed by atoms with E-state index >= 15 is 0 Å². The molecule has 0 bridgehead atoms. The van der Waals surface area contributed by atoms with Crippen LogP contribution in [0.15, 0.2) is 12.4 Å². The Morgan fingerprint density at radius 3 is 2.42 bits per heavy atom. The highest BCUT2D eigenvalue weighted by Gasteiger charge is 2.23. The van der Waals surface area contributed by atoms with E-state index in [1.807, 2.05) is 9.80 Å². The van der Waals surface area contributed by atoms with Crippen molar-refractivity contribution < 1.29 is 14.7 Å². The maximum absolute atomic E-state index is 11.3. The van der Waals surface area contributed by atoms with E-state index in [0.717, 1.165) is 0 Å². The molecule has 0 aromatic carbocycles. The number of amides is 1. The molecule has 0 radical (unpaired) electrons. The molecule has 1 amide bonds. The SMILES string of the molecule is NC(=O)c1nccnc1N1CCN(CC(=O)O)CC1. The van der Waals surface area contributed by atoms with E-state index in [1.165, 1.54) is 12.4 Å². The van der Waals surface area contributed by atoms with Gasteiger partial charge in [0.1, 0.15) is 0 Å². The molecule has 1 aromatic rings. The molecule has 102 valence electrons. The van der Waals surface area contributed by atoms with Crippen LogP contribution in [-0.4, -0.2) is 64.6 Å².